The van der Waals surface area contributed by atoms with Crippen molar-refractivity contribution in [2.75, 3.05) is 13.2 Å². The highest BCUT2D eigenvalue weighted by Gasteiger charge is 2.21. The van der Waals surface area contributed by atoms with Crippen LogP contribution in [0, 0.1) is 5.92 Å². The molecule has 0 aromatic heterocycles. The fourth-order valence-electron chi connectivity index (χ4n) is 1.23. The molecule has 102 valence electrons. The average Bonchev–Trinajstić information content (AvgIpc) is 2.35. The predicted octanol–water partition coefficient (Wildman–Crippen LogP) is 3.18. The summed E-state index contributed by atoms with van der Waals surface area (Å²) in [7, 11) is 0. The summed E-state index contributed by atoms with van der Waals surface area (Å²) in [5.74, 6) is 0.476. The maximum Gasteiger partial charge on any atom is 0.189 e. The van der Waals surface area contributed by atoms with E-state index in [2.05, 4.69) is 13.8 Å². The molecular weight excluding hydrogens is 248 g/mol. The monoisotopic (exact) mass is 270 g/mol. The van der Waals surface area contributed by atoms with E-state index in [0.29, 0.717) is 24.0 Å². The molecule has 3 nitrogen and oxygen atoms in total. The first-order valence-corrected chi connectivity index (χ1v) is 7.22. The van der Waals surface area contributed by atoms with Gasteiger partial charge < -0.3 is 4.74 Å². The molecule has 1 aromatic rings. The summed E-state index contributed by atoms with van der Waals surface area (Å²) in [5.41, 5.74) is -0.422. The van der Waals surface area contributed by atoms with E-state index in [0.717, 1.165) is 0 Å². The van der Waals surface area contributed by atoms with Crippen molar-refractivity contribution in [3.8, 4) is 0 Å². The Morgan fingerprint density at radius 2 is 1.83 bits per heavy atom. The van der Waals surface area contributed by atoms with Crippen molar-refractivity contribution in [2.24, 2.45) is 5.92 Å². The number of rotatable bonds is 7. The van der Waals surface area contributed by atoms with Gasteiger partial charge in [-0.05, 0) is 31.9 Å². The summed E-state index contributed by atoms with van der Waals surface area (Å²) in [6.07, 6.45) is 0. The molecule has 0 heterocycles. The Hall–Kier alpha value is -0.710. The number of ether oxygens (including phenoxy) is 1. The van der Waals surface area contributed by atoms with E-state index in [-0.39, 0.29) is 0 Å². The molecule has 0 N–H and O–H groups in total. The highest BCUT2D eigenvalue weighted by molar-refractivity contribution is 7.80. The lowest BCUT2D eigenvalue weighted by Crippen LogP contribution is -2.32. The van der Waals surface area contributed by atoms with Crippen molar-refractivity contribution in [1.29, 1.82) is 0 Å². The first kappa shape index (κ1) is 15.3. The Labute approximate surface area is 112 Å². The standard InChI is InChI=1S/C14H22O3S/c1-12(2)10-16-14(3,4)11-17-18(15)13-8-6-5-7-9-13/h5-9,12H,10-11H2,1-4H3. The molecule has 4 heteroatoms. The van der Waals surface area contributed by atoms with Gasteiger partial charge in [0.15, 0.2) is 11.1 Å². The van der Waals surface area contributed by atoms with E-state index in [1.807, 2.05) is 32.0 Å². The molecule has 0 aliphatic rings. The van der Waals surface area contributed by atoms with Crippen molar-refractivity contribution in [1.82, 2.24) is 0 Å². The summed E-state index contributed by atoms with van der Waals surface area (Å²) >= 11 is -1.42. The average molecular weight is 270 g/mol. The van der Waals surface area contributed by atoms with Gasteiger partial charge in [0.1, 0.15) is 0 Å². The van der Waals surface area contributed by atoms with E-state index >= 15 is 0 Å². The van der Waals surface area contributed by atoms with Gasteiger partial charge in [-0.1, -0.05) is 32.0 Å². The second-order valence-electron chi connectivity index (χ2n) is 5.27. The maximum atomic E-state index is 11.9. The third kappa shape index (κ3) is 5.76. The Balaban J connectivity index is 2.42. The molecule has 1 aromatic carbocycles. The molecule has 0 radical (unpaired) electrons. The zero-order valence-electron chi connectivity index (χ0n) is 11.5. The molecule has 0 aliphatic heterocycles. The second kappa shape index (κ2) is 7.02. The van der Waals surface area contributed by atoms with Crippen LogP contribution >= 0.6 is 0 Å². The molecule has 1 rings (SSSR count). The lowest BCUT2D eigenvalue weighted by molar-refractivity contribution is -0.0548. The zero-order valence-corrected chi connectivity index (χ0v) is 12.3. The van der Waals surface area contributed by atoms with Crippen LogP contribution in [0.2, 0.25) is 0 Å². The zero-order chi connectivity index (χ0) is 13.6. The minimum absolute atomic E-state index is 0.307. The second-order valence-corrected chi connectivity index (χ2v) is 6.45. The van der Waals surface area contributed by atoms with Crippen molar-refractivity contribution in [2.45, 2.75) is 38.2 Å². The Morgan fingerprint density at radius 3 is 2.39 bits per heavy atom. The number of hydrogen-bond donors (Lipinski definition) is 0. The van der Waals surface area contributed by atoms with Gasteiger partial charge in [-0.15, -0.1) is 0 Å². The van der Waals surface area contributed by atoms with E-state index in [1.165, 1.54) is 0 Å². The van der Waals surface area contributed by atoms with Crippen molar-refractivity contribution < 1.29 is 13.1 Å². The fourth-order valence-corrected chi connectivity index (χ4v) is 2.14. The van der Waals surface area contributed by atoms with Crippen LogP contribution < -0.4 is 0 Å². The van der Waals surface area contributed by atoms with Crippen LogP contribution in [0.4, 0.5) is 0 Å². The highest BCUT2D eigenvalue weighted by atomic mass is 32.2. The van der Waals surface area contributed by atoms with Crippen LogP contribution in [-0.2, 0) is 20.0 Å². The Morgan fingerprint density at radius 1 is 1.22 bits per heavy atom. The van der Waals surface area contributed by atoms with E-state index in [9.17, 15) is 4.21 Å². The van der Waals surface area contributed by atoms with Gasteiger partial charge in [0, 0.05) is 6.61 Å². The molecule has 0 saturated carbocycles. The summed E-state index contributed by atoms with van der Waals surface area (Å²) in [5, 5.41) is 0. The molecule has 0 spiro atoms. The summed E-state index contributed by atoms with van der Waals surface area (Å²) in [6, 6.07) is 9.15. The molecule has 0 amide bonds. The van der Waals surface area contributed by atoms with Gasteiger partial charge in [-0.25, -0.2) is 4.21 Å². The topological polar surface area (TPSA) is 35.5 Å². The minimum atomic E-state index is -1.42. The Kier molecular flexibility index (Phi) is 5.99. The molecule has 0 bridgehead atoms. The van der Waals surface area contributed by atoms with Crippen LogP contribution in [0.15, 0.2) is 35.2 Å². The predicted molar refractivity (Wildman–Crippen MR) is 73.7 cm³/mol. The first-order chi connectivity index (χ1) is 8.41. The quantitative estimate of drug-likeness (QED) is 0.763. The highest BCUT2D eigenvalue weighted by Crippen LogP contribution is 2.15. The molecule has 1 atom stereocenters. The third-order valence-corrected chi connectivity index (χ3v) is 3.25. The van der Waals surface area contributed by atoms with Crippen LogP contribution in [0.3, 0.4) is 0 Å². The minimum Gasteiger partial charge on any atom is -0.373 e. The van der Waals surface area contributed by atoms with Crippen LogP contribution in [-0.4, -0.2) is 23.0 Å². The lowest BCUT2D eigenvalue weighted by atomic mass is 10.1. The summed E-state index contributed by atoms with van der Waals surface area (Å²) in [6.45, 7) is 9.06. The van der Waals surface area contributed by atoms with Crippen molar-refractivity contribution in [3.05, 3.63) is 30.3 Å². The fraction of sp³-hybridized carbons (Fsp3) is 0.571. The van der Waals surface area contributed by atoms with E-state index in [1.54, 1.807) is 12.1 Å². The van der Waals surface area contributed by atoms with Crippen LogP contribution in [0.5, 0.6) is 0 Å². The molecule has 1 unspecified atom stereocenters. The van der Waals surface area contributed by atoms with Gasteiger partial charge in [-0.3, -0.25) is 4.18 Å². The van der Waals surface area contributed by atoms with E-state index in [4.69, 9.17) is 8.92 Å². The Bertz CT molecular complexity index is 374. The molecule has 0 aliphatic carbocycles. The summed E-state index contributed by atoms with van der Waals surface area (Å²) in [4.78, 5) is 0.678. The molecule has 0 fully saturated rings. The SMILES string of the molecule is CC(C)COC(C)(C)COS(=O)c1ccccc1. The van der Waals surface area contributed by atoms with E-state index < -0.39 is 16.7 Å². The summed E-state index contributed by atoms with van der Waals surface area (Å²) < 4.78 is 23.0. The van der Waals surface area contributed by atoms with Crippen molar-refractivity contribution in [3.63, 3.8) is 0 Å². The molecule has 18 heavy (non-hydrogen) atoms. The number of hydrogen-bond acceptors (Lipinski definition) is 3. The normalized spacial score (nSPS) is 13.8. The number of benzene rings is 1. The molecule has 0 saturated heterocycles. The molecular formula is C14H22O3S. The lowest BCUT2D eigenvalue weighted by Gasteiger charge is -2.25. The van der Waals surface area contributed by atoms with Gasteiger partial charge in [0.05, 0.1) is 17.1 Å². The van der Waals surface area contributed by atoms with Crippen LogP contribution in [0.1, 0.15) is 27.7 Å². The van der Waals surface area contributed by atoms with Gasteiger partial charge in [0.2, 0.25) is 0 Å². The van der Waals surface area contributed by atoms with Gasteiger partial charge in [0.25, 0.3) is 0 Å². The van der Waals surface area contributed by atoms with Gasteiger partial charge in [-0.2, -0.15) is 0 Å². The maximum absolute atomic E-state index is 11.9. The van der Waals surface area contributed by atoms with Crippen LogP contribution in [0.25, 0.3) is 0 Å². The van der Waals surface area contributed by atoms with Gasteiger partial charge >= 0.3 is 0 Å². The third-order valence-electron chi connectivity index (χ3n) is 2.26. The first-order valence-electron chi connectivity index (χ1n) is 6.15. The smallest absolute Gasteiger partial charge is 0.189 e. The van der Waals surface area contributed by atoms with Crippen molar-refractivity contribution >= 4 is 11.1 Å². The largest absolute Gasteiger partial charge is 0.373 e.